The Morgan fingerprint density at radius 3 is 2.52 bits per heavy atom. The van der Waals surface area contributed by atoms with E-state index in [4.69, 9.17) is 26.9 Å². The van der Waals surface area contributed by atoms with Gasteiger partial charge in [0.2, 0.25) is 0 Å². The van der Waals surface area contributed by atoms with Crippen LogP contribution in [0.15, 0.2) is 66.7 Å². The molecule has 0 aliphatic rings. The number of carbonyl (C=O) groups is 3. The molecule has 0 radical (unpaired) electrons. The van der Waals surface area contributed by atoms with Gasteiger partial charge in [0.05, 0.1) is 6.54 Å². The van der Waals surface area contributed by atoms with Gasteiger partial charge in [0, 0.05) is 23.0 Å². The Hall–Kier alpha value is -4.52. The Bertz CT molecular complexity index is 1510. The number of benzene rings is 3. The number of hydrogen-bond acceptors (Lipinski definition) is 9. The van der Waals surface area contributed by atoms with Crippen LogP contribution in [0.25, 0.3) is 22.2 Å². The van der Waals surface area contributed by atoms with Crippen molar-refractivity contribution < 1.29 is 34.2 Å². The van der Waals surface area contributed by atoms with Crippen LogP contribution in [0.1, 0.15) is 22.3 Å². The fourth-order valence-corrected chi connectivity index (χ4v) is 4.14. The molecular formula is C27H26ClN5O7. The number of aliphatic hydroxyl groups is 1. The summed E-state index contributed by atoms with van der Waals surface area (Å²) in [7, 11) is 0. The third-order valence-corrected chi connectivity index (χ3v) is 6.20. The number of aliphatic carboxylic acids is 1. The lowest BCUT2D eigenvalue weighted by atomic mass is 9.97. The molecule has 1 aromatic heterocycles. The van der Waals surface area contributed by atoms with E-state index in [1.807, 2.05) is 42.5 Å². The van der Waals surface area contributed by atoms with E-state index in [2.05, 4.69) is 15.6 Å². The number of aromatic nitrogens is 3. The van der Waals surface area contributed by atoms with Gasteiger partial charge in [-0.3, -0.25) is 9.59 Å². The van der Waals surface area contributed by atoms with Crippen LogP contribution < -0.4 is 15.9 Å². The fourth-order valence-electron chi connectivity index (χ4n) is 3.95. The molecule has 0 bridgehead atoms. The molecule has 0 aliphatic heterocycles. The summed E-state index contributed by atoms with van der Waals surface area (Å²) in [6.45, 7) is -0.772. The number of amides is 1. The minimum Gasteiger partial charge on any atom is -0.479 e. The number of fused-ring (bicyclic) bond motifs is 1. The lowest BCUT2D eigenvalue weighted by Crippen LogP contribution is -2.40. The maximum atomic E-state index is 13.2. The first-order chi connectivity index (χ1) is 19.2. The quantitative estimate of drug-likeness (QED) is 0.146. The van der Waals surface area contributed by atoms with Gasteiger partial charge in [-0.25, -0.2) is 4.79 Å². The van der Waals surface area contributed by atoms with Gasteiger partial charge >= 0.3 is 11.9 Å². The molecular weight excluding hydrogens is 542 g/mol. The Morgan fingerprint density at radius 1 is 1.05 bits per heavy atom. The minimum absolute atomic E-state index is 0.213. The maximum absolute atomic E-state index is 13.2. The standard InChI is InChI=1S/C27H26ClN5O7/c28-20-3-1-2-18(11-20)17-6-4-16(5-7-17)10-21(13-24(34)27(37)38)30-26(36)19-8-9-22-23(12-19)33(32-31-22)40-15-39-25(35)14-29/h1-9,11-12,21,24,34H,10,13-15,29H2,(H,30,36)(H,37,38)/t21-,24-/m1/s1. The normalized spacial score (nSPS) is 12.5. The van der Waals surface area contributed by atoms with Gasteiger partial charge in [-0.2, -0.15) is 0 Å². The number of nitrogens with zero attached hydrogens (tertiary/aromatic N) is 3. The van der Waals surface area contributed by atoms with E-state index in [1.54, 1.807) is 12.1 Å². The van der Waals surface area contributed by atoms with E-state index >= 15 is 0 Å². The van der Waals surface area contributed by atoms with Crippen LogP contribution in [0.3, 0.4) is 0 Å². The molecule has 1 heterocycles. The highest BCUT2D eigenvalue weighted by molar-refractivity contribution is 6.30. The van der Waals surface area contributed by atoms with E-state index < -0.39 is 36.8 Å². The van der Waals surface area contributed by atoms with Crippen LogP contribution in [0.2, 0.25) is 5.02 Å². The lowest BCUT2D eigenvalue weighted by Gasteiger charge is -2.21. The molecule has 1 amide bonds. The molecule has 40 heavy (non-hydrogen) atoms. The Morgan fingerprint density at radius 2 is 1.82 bits per heavy atom. The molecule has 0 fully saturated rings. The van der Waals surface area contributed by atoms with Crippen molar-refractivity contribution in [2.45, 2.75) is 25.0 Å². The van der Waals surface area contributed by atoms with Crippen LogP contribution in [0, 0.1) is 0 Å². The van der Waals surface area contributed by atoms with E-state index in [0.29, 0.717) is 16.1 Å². The van der Waals surface area contributed by atoms with Crippen molar-refractivity contribution in [1.82, 2.24) is 20.5 Å². The van der Waals surface area contributed by atoms with E-state index in [0.717, 1.165) is 21.5 Å². The Balaban J connectivity index is 1.49. The van der Waals surface area contributed by atoms with Crippen molar-refractivity contribution in [2.75, 3.05) is 13.3 Å². The van der Waals surface area contributed by atoms with Crippen molar-refractivity contribution >= 4 is 40.5 Å². The summed E-state index contributed by atoms with van der Waals surface area (Å²) in [5, 5.41) is 30.4. The Labute approximate surface area is 233 Å². The van der Waals surface area contributed by atoms with Crippen LogP contribution >= 0.6 is 11.6 Å². The molecule has 4 rings (SSSR count). The zero-order valence-corrected chi connectivity index (χ0v) is 21.8. The van der Waals surface area contributed by atoms with Crippen molar-refractivity contribution in [3.8, 4) is 11.1 Å². The molecule has 0 saturated heterocycles. The van der Waals surface area contributed by atoms with Gasteiger partial charge in [-0.05, 0) is 58.7 Å². The highest BCUT2D eigenvalue weighted by Crippen LogP contribution is 2.24. The van der Waals surface area contributed by atoms with Crippen molar-refractivity contribution in [1.29, 1.82) is 0 Å². The predicted octanol–water partition coefficient (Wildman–Crippen LogP) is 1.82. The molecule has 0 saturated carbocycles. The first kappa shape index (κ1) is 28.5. The number of esters is 1. The van der Waals surface area contributed by atoms with Crippen molar-refractivity contribution in [3.05, 3.63) is 82.9 Å². The number of halogens is 1. The van der Waals surface area contributed by atoms with Crippen LogP contribution in [0.4, 0.5) is 0 Å². The maximum Gasteiger partial charge on any atom is 0.332 e. The van der Waals surface area contributed by atoms with Crippen molar-refractivity contribution in [3.63, 3.8) is 0 Å². The summed E-state index contributed by atoms with van der Waals surface area (Å²) in [6, 6.07) is 18.8. The van der Waals surface area contributed by atoms with Gasteiger partial charge in [0.15, 0.2) is 6.10 Å². The average molecular weight is 568 g/mol. The minimum atomic E-state index is -1.67. The van der Waals surface area contributed by atoms with E-state index in [-0.39, 0.29) is 24.9 Å². The molecule has 13 heteroatoms. The number of aliphatic hydroxyl groups excluding tert-OH is 1. The number of hydrogen-bond donors (Lipinski definition) is 4. The van der Waals surface area contributed by atoms with Crippen LogP contribution in [-0.4, -0.2) is 68.7 Å². The average Bonchev–Trinajstić information content (AvgIpc) is 3.35. The van der Waals surface area contributed by atoms with Crippen molar-refractivity contribution in [2.24, 2.45) is 5.73 Å². The molecule has 0 aliphatic carbocycles. The van der Waals surface area contributed by atoms with Gasteiger partial charge in [-0.1, -0.05) is 52.8 Å². The fraction of sp³-hybridized carbons (Fsp3) is 0.222. The van der Waals surface area contributed by atoms with Gasteiger partial charge in [0.1, 0.15) is 11.0 Å². The summed E-state index contributed by atoms with van der Waals surface area (Å²) in [6.07, 6.45) is -1.62. The topological polar surface area (TPSA) is 179 Å². The number of nitrogens with two attached hydrogens (primary N) is 1. The van der Waals surface area contributed by atoms with Crippen LogP contribution in [-0.2, 0) is 20.7 Å². The third-order valence-electron chi connectivity index (χ3n) is 5.96. The molecule has 2 atom stereocenters. The first-order valence-electron chi connectivity index (χ1n) is 12.1. The SMILES string of the molecule is NCC(=O)OCOn1nnc2ccc(C(=O)N[C@H](Cc3ccc(-c4cccc(Cl)c4)cc3)C[C@@H](O)C(=O)O)cc21. The predicted molar refractivity (Wildman–Crippen MR) is 144 cm³/mol. The van der Waals surface area contributed by atoms with Gasteiger partial charge < -0.3 is 30.8 Å². The van der Waals surface area contributed by atoms with Gasteiger partial charge in [0.25, 0.3) is 12.7 Å². The van der Waals surface area contributed by atoms with Crippen LogP contribution in [0.5, 0.6) is 0 Å². The molecule has 12 nitrogen and oxygen atoms in total. The zero-order valence-electron chi connectivity index (χ0n) is 21.1. The summed E-state index contributed by atoms with van der Waals surface area (Å²) in [5.74, 6) is -2.57. The third kappa shape index (κ3) is 7.32. The molecule has 0 unspecified atom stereocenters. The monoisotopic (exact) mass is 567 g/mol. The number of carbonyl (C=O) groups excluding carboxylic acids is 2. The molecule has 0 spiro atoms. The summed E-state index contributed by atoms with van der Waals surface area (Å²) < 4.78 is 4.76. The van der Waals surface area contributed by atoms with Gasteiger partial charge in [-0.15, -0.1) is 5.10 Å². The molecule has 4 aromatic rings. The number of rotatable bonds is 12. The summed E-state index contributed by atoms with van der Waals surface area (Å²) in [5.41, 5.74) is 8.85. The smallest absolute Gasteiger partial charge is 0.332 e. The Kier molecular flexibility index (Phi) is 9.27. The molecule has 208 valence electrons. The number of carboxylic acid groups (broad SMARTS) is 1. The zero-order chi connectivity index (χ0) is 28.6. The second-order valence-electron chi connectivity index (χ2n) is 8.80. The lowest BCUT2D eigenvalue weighted by molar-refractivity contribution is -0.155. The summed E-state index contributed by atoms with van der Waals surface area (Å²) in [4.78, 5) is 42.0. The van der Waals surface area contributed by atoms with E-state index in [9.17, 15) is 24.6 Å². The molecule has 5 N–H and O–H groups in total. The second kappa shape index (κ2) is 13.0. The highest BCUT2D eigenvalue weighted by Gasteiger charge is 2.23. The number of carboxylic acids is 1. The number of nitrogens with one attached hydrogen (secondary N) is 1. The number of ether oxygens (including phenoxy) is 1. The second-order valence-corrected chi connectivity index (χ2v) is 9.24. The first-order valence-corrected chi connectivity index (χ1v) is 12.5. The highest BCUT2D eigenvalue weighted by atomic mass is 35.5. The van der Waals surface area contributed by atoms with E-state index in [1.165, 1.54) is 12.1 Å². The largest absolute Gasteiger partial charge is 0.479 e. The molecule has 3 aromatic carbocycles. The summed E-state index contributed by atoms with van der Waals surface area (Å²) >= 11 is 6.09.